The van der Waals surface area contributed by atoms with Crippen LogP contribution in [-0.4, -0.2) is 33.0 Å². The first-order valence-electron chi connectivity index (χ1n) is 16.6. The van der Waals surface area contributed by atoms with Crippen molar-refractivity contribution in [1.82, 2.24) is 19.1 Å². The van der Waals surface area contributed by atoms with Gasteiger partial charge in [-0.05, 0) is 99.3 Å². The van der Waals surface area contributed by atoms with Crippen molar-refractivity contribution >= 4 is 23.5 Å². The Labute approximate surface area is 274 Å². The van der Waals surface area contributed by atoms with E-state index in [1.54, 1.807) is 12.7 Å². The molecule has 2 heterocycles. The molecule has 0 saturated heterocycles. The molecule has 4 aromatic rings. The molecule has 0 N–H and O–H groups in total. The molecule has 6 unspecified atom stereocenters. The number of aryl methyl sites for hydroxylation is 1. The van der Waals surface area contributed by atoms with E-state index in [0.29, 0.717) is 11.5 Å². The van der Waals surface area contributed by atoms with E-state index in [-0.39, 0.29) is 5.41 Å². The maximum absolute atomic E-state index is 8.00. The summed E-state index contributed by atoms with van der Waals surface area (Å²) in [5.74, 6) is 3.28. The number of benzene rings is 2. The molecule has 2 aromatic carbocycles. The van der Waals surface area contributed by atoms with E-state index in [1.165, 1.54) is 61.7 Å². The number of carbonyl (C=O) groups is 1. The number of hydrogen-bond donors (Lipinski definition) is 0. The quantitative estimate of drug-likeness (QED) is 0.215. The van der Waals surface area contributed by atoms with Gasteiger partial charge in [0, 0.05) is 29.5 Å². The van der Waals surface area contributed by atoms with E-state index >= 15 is 0 Å². The number of fused-ring (bicyclic) bond motifs is 6. The lowest BCUT2D eigenvalue weighted by atomic mass is 9.47. The van der Waals surface area contributed by atoms with Gasteiger partial charge in [0.1, 0.15) is 18.9 Å². The Morgan fingerprint density at radius 2 is 1.63 bits per heavy atom. The lowest BCUT2D eigenvalue weighted by molar-refractivity contribution is -0.0980. The molecule has 0 spiro atoms. The van der Waals surface area contributed by atoms with Crippen molar-refractivity contribution in [2.45, 2.75) is 71.8 Å². The van der Waals surface area contributed by atoms with Gasteiger partial charge in [0.15, 0.2) is 0 Å². The maximum Gasteiger partial charge on any atom is 0.118 e. The van der Waals surface area contributed by atoms with Gasteiger partial charge in [0.2, 0.25) is 0 Å². The minimum Gasteiger partial charge on any atom is -0.497 e. The summed E-state index contributed by atoms with van der Waals surface area (Å²) in [6.07, 6.45) is 22.3. The van der Waals surface area contributed by atoms with E-state index in [9.17, 15) is 0 Å². The number of para-hydroxylation sites is 2. The second-order valence-corrected chi connectivity index (χ2v) is 13.6. The van der Waals surface area contributed by atoms with E-state index < -0.39 is 0 Å². The average Bonchev–Trinajstić information content (AvgIpc) is 3.86. The van der Waals surface area contributed by atoms with Crippen LogP contribution in [0, 0.1) is 35.5 Å². The monoisotopic (exact) mass is 618 g/mol. The van der Waals surface area contributed by atoms with Crippen molar-refractivity contribution < 1.29 is 9.53 Å². The Balaban J connectivity index is 0.000000274. The highest BCUT2D eigenvalue weighted by atomic mass is 16.5. The van der Waals surface area contributed by atoms with Crippen molar-refractivity contribution in [2.24, 2.45) is 28.6 Å². The number of carbonyl (C=O) groups excluding carboxylic acids is 1. The van der Waals surface area contributed by atoms with Crippen LogP contribution in [0.25, 0.3) is 16.7 Å². The summed E-state index contributed by atoms with van der Waals surface area (Å²) in [5, 5.41) is 0. The minimum absolute atomic E-state index is 0.250. The van der Waals surface area contributed by atoms with Crippen molar-refractivity contribution in [1.29, 1.82) is 0 Å². The van der Waals surface area contributed by atoms with Crippen LogP contribution in [0.4, 0.5) is 0 Å². The van der Waals surface area contributed by atoms with Gasteiger partial charge in [-0.1, -0.05) is 61.4 Å². The largest absolute Gasteiger partial charge is 0.497 e. The molecule has 6 atom stereocenters. The molecule has 4 aliphatic rings. The molecule has 2 aromatic heterocycles. The fourth-order valence-corrected chi connectivity index (χ4v) is 9.13. The molecule has 6 nitrogen and oxygen atoms in total. The minimum atomic E-state index is 0.250. The first-order chi connectivity index (χ1) is 22.4. The van der Waals surface area contributed by atoms with Gasteiger partial charge in [0.05, 0.1) is 24.5 Å². The van der Waals surface area contributed by atoms with Crippen molar-refractivity contribution in [3.8, 4) is 5.75 Å². The summed E-state index contributed by atoms with van der Waals surface area (Å²) in [7, 11) is 1.67. The lowest BCUT2D eigenvalue weighted by Gasteiger charge is -2.58. The molecular formula is C40H50N4O2. The Morgan fingerprint density at radius 1 is 0.891 bits per heavy atom. The van der Waals surface area contributed by atoms with Crippen LogP contribution < -0.4 is 4.74 Å². The zero-order valence-electron chi connectivity index (χ0n) is 28.1. The molecule has 0 aliphatic heterocycles. The Kier molecular flexibility index (Phi) is 10.1. The summed E-state index contributed by atoms with van der Waals surface area (Å²) in [6, 6.07) is 17.1. The van der Waals surface area contributed by atoms with Crippen LogP contribution in [0.3, 0.4) is 0 Å². The molecule has 46 heavy (non-hydrogen) atoms. The number of aromatic nitrogens is 4. The van der Waals surface area contributed by atoms with Crippen molar-refractivity contribution in [3.63, 3.8) is 0 Å². The molecular weight excluding hydrogens is 568 g/mol. The Bertz CT molecular complexity index is 1650. The summed E-state index contributed by atoms with van der Waals surface area (Å²) < 4.78 is 9.71. The van der Waals surface area contributed by atoms with Gasteiger partial charge in [-0.15, -0.1) is 13.2 Å². The SMILES string of the molecule is C=C.C=O.CC12CCC(n3ccnc3)CC1=CCC1C2CCC2(C)C(n3cnc4ccccc43)=CCC12.COc1ccc(C)cc1. The third-order valence-corrected chi connectivity index (χ3v) is 11.5. The van der Waals surface area contributed by atoms with Gasteiger partial charge in [-0.3, -0.25) is 0 Å². The van der Waals surface area contributed by atoms with Gasteiger partial charge < -0.3 is 18.7 Å². The van der Waals surface area contributed by atoms with Gasteiger partial charge >= 0.3 is 0 Å². The Hall–Kier alpha value is -4.19. The van der Waals surface area contributed by atoms with Crippen LogP contribution in [-0.2, 0) is 4.79 Å². The second kappa shape index (κ2) is 14.1. The van der Waals surface area contributed by atoms with Gasteiger partial charge in [0.25, 0.3) is 0 Å². The number of rotatable bonds is 3. The summed E-state index contributed by atoms with van der Waals surface area (Å²) in [5.41, 5.74) is 7.49. The molecule has 0 radical (unpaired) electrons. The zero-order chi connectivity index (χ0) is 32.9. The number of hydrogen-bond acceptors (Lipinski definition) is 4. The van der Waals surface area contributed by atoms with E-state index in [4.69, 9.17) is 14.5 Å². The van der Waals surface area contributed by atoms with E-state index in [0.717, 1.165) is 29.0 Å². The lowest BCUT2D eigenvalue weighted by Crippen LogP contribution is -2.49. The molecule has 8 rings (SSSR count). The average molecular weight is 619 g/mol. The van der Waals surface area contributed by atoms with Crippen LogP contribution in [0.1, 0.15) is 70.4 Å². The molecule has 242 valence electrons. The summed E-state index contributed by atoms with van der Waals surface area (Å²) in [6.45, 7) is 15.2. The van der Waals surface area contributed by atoms with Crippen molar-refractivity contribution in [3.05, 3.63) is 110 Å². The standard InChI is InChI=1S/C29H34N4.C8H10O.C2H4.CH2O/c1-28-13-11-21(32-16-15-30-18-32)17-20(28)7-8-22-23-9-10-27(29(23,2)14-12-24(22)28)33-19-31-25-5-3-4-6-26(25)33;1-7-3-5-8(9-2)6-4-7;2*1-2/h3-7,10,15-16,18-19,21-24H,8-9,11-14,17H2,1-2H3;3-6H,1-2H3;1-2H2;1H2. The number of methoxy groups -OCH3 is 1. The van der Waals surface area contributed by atoms with Crippen LogP contribution >= 0.6 is 0 Å². The van der Waals surface area contributed by atoms with Crippen LogP contribution in [0.15, 0.2) is 104 Å². The third-order valence-electron chi connectivity index (χ3n) is 11.5. The number of nitrogens with zero attached hydrogens (tertiary/aromatic N) is 4. The van der Waals surface area contributed by atoms with Crippen molar-refractivity contribution in [2.75, 3.05) is 7.11 Å². The summed E-state index contributed by atoms with van der Waals surface area (Å²) >= 11 is 0. The normalized spacial score (nSPS) is 29.0. The topological polar surface area (TPSA) is 61.9 Å². The fraction of sp³-hybridized carbons (Fsp3) is 0.425. The van der Waals surface area contributed by atoms with Gasteiger partial charge in [-0.2, -0.15) is 0 Å². The predicted molar refractivity (Wildman–Crippen MR) is 188 cm³/mol. The fourth-order valence-electron chi connectivity index (χ4n) is 9.13. The predicted octanol–water partition coefficient (Wildman–Crippen LogP) is 9.51. The first-order valence-corrected chi connectivity index (χ1v) is 16.6. The number of allylic oxidation sites excluding steroid dienone is 4. The van der Waals surface area contributed by atoms with E-state index in [2.05, 4.69) is 97.0 Å². The molecule has 0 bridgehead atoms. The van der Waals surface area contributed by atoms with Crippen LogP contribution in [0.2, 0.25) is 0 Å². The Morgan fingerprint density at radius 3 is 2.35 bits per heavy atom. The highest BCUT2D eigenvalue weighted by Gasteiger charge is 2.57. The highest BCUT2D eigenvalue weighted by Crippen LogP contribution is 2.66. The molecule has 4 aliphatic carbocycles. The molecule has 0 amide bonds. The van der Waals surface area contributed by atoms with Crippen LogP contribution in [0.5, 0.6) is 5.75 Å². The maximum atomic E-state index is 8.00. The van der Waals surface area contributed by atoms with E-state index in [1.807, 2.05) is 43.6 Å². The molecule has 2 fully saturated rings. The number of imidazole rings is 2. The smallest absolute Gasteiger partial charge is 0.118 e. The van der Waals surface area contributed by atoms with Gasteiger partial charge in [-0.25, -0.2) is 9.97 Å². The second-order valence-electron chi connectivity index (χ2n) is 13.6. The first kappa shape index (κ1) is 33.2. The molecule has 2 saturated carbocycles. The third kappa shape index (κ3) is 5.90. The highest BCUT2D eigenvalue weighted by molar-refractivity contribution is 5.80. The molecule has 6 heteroatoms. The zero-order valence-corrected chi connectivity index (χ0v) is 28.1. The summed E-state index contributed by atoms with van der Waals surface area (Å²) in [4.78, 5) is 17.0. The number of ether oxygens (including phenoxy) is 1.